The van der Waals surface area contributed by atoms with E-state index in [-0.39, 0.29) is 76.1 Å². The lowest BCUT2D eigenvalue weighted by Crippen LogP contribution is -2.41. The van der Waals surface area contributed by atoms with Crippen molar-refractivity contribution in [2.24, 2.45) is 35.1 Å². The molecule has 0 spiro atoms. The number of ketones is 3. The van der Waals surface area contributed by atoms with Crippen molar-refractivity contribution in [1.29, 1.82) is 0 Å². The normalized spacial score (nSPS) is 12.5. The van der Waals surface area contributed by atoms with E-state index in [9.17, 15) is 47.9 Å². The van der Waals surface area contributed by atoms with E-state index < -0.39 is 90.3 Å². The summed E-state index contributed by atoms with van der Waals surface area (Å²) in [6.07, 6.45) is 13.0. The van der Waals surface area contributed by atoms with Crippen LogP contribution in [0.1, 0.15) is 182 Å². The Morgan fingerprint density at radius 2 is 0.648 bits per heavy atom. The minimum absolute atomic E-state index is 0.134. The standard InChI is InChI=1S/C63H121N13O12/c1-5-9-12-14-16-18-41-87-59(82)20-25-66-29-31-70-34-38-72-57(80)48-51(44-54(77)43-50(8-4)61(84)75-40-36-71-32-30-67-26-21-60(83)88-42-19-17-15-13-10-6-2)56(79)47-52(62(85)76-39-35-69-28-23-65)45-55(78)46-53(63(86)74-24-11-7-3)49-58(81)73-37-33-68-27-22-64/h50-53,66-71H,5-49,64-65H2,1-4H3,(H,72,80)(H,73,81)(H,74,86)(H,75,84)(H,76,85). The first-order chi connectivity index (χ1) is 42.6. The lowest BCUT2D eigenvalue weighted by atomic mass is 9.83. The Morgan fingerprint density at radius 3 is 1.08 bits per heavy atom. The second kappa shape index (κ2) is 59.6. The molecule has 5 amide bonds. The number of carbonyl (C=O) groups is 10. The molecule has 0 aliphatic heterocycles. The van der Waals surface area contributed by atoms with Crippen molar-refractivity contribution in [3.63, 3.8) is 0 Å². The zero-order valence-corrected chi connectivity index (χ0v) is 54.7. The van der Waals surface area contributed by atoms with E-state index in [1.165, 1.54) is 38.5 Å². The zero-order valence-electron chi connectivity index (χ0n) is 54.7. The molecule has 0 aliphatic carbocycles. The Kier molecular flexibility index (Phi) is 56.2. The Labute approximate surface area is 527 Å². The van der Waals surface area contributed by atoms with E-state index in [0.29, 0.717) is 124 Å². The number of hydrogen-bond acceptors (Lipinski definition) is 20. The zero-order chi connectivity index (χ0) is 65.1. The van der Waals surface area contributed by atoms with Crippen LogP contribution in [0.5, 0.6) is 0 Å². The van der Waals surface area contributed by atoms with E-state index >= 15 is 0 Å². The number of carbonyl (C=O) groups excluding carboxylic acids is 10. The molecule has 0 radical (unpaired) electrons. The van der Waals surface area contributed by atoms with Crippen LogP contribution in [0, 0.1) is 23.7 Å². The second-order valence-corrected chi connectivity index (χ2v) is 22.6. The van der Waals surface area contributed by atoms with Crippen LogP contribution in [0.4, 0.5) is 0 Å². The molecule has 15 N–H and O–H groups in total. The minimum Gasteiger partial charge on any atom is -0.466 e. The van der Waals surface area contributed by atoms with Gasteiger partial charge in [0.2, 0.25) is 29.5 Å². The molecule has 4 atom stereocenters. The van der Waals surface area contributed by atoms with Crippen molar-refractivity contribution < 1.29 is 57.4 Å². The highest BCUT2D eigenvalue weighted by molar-refractivity contribution is 5.97. The van der Waals surface area contributed by atoms with E-state index in [2.05, 4.69) is 72.3 Å². The predicted octanol–water partition coefficient (Wildman–Crippen LogP) is 1.72. The average molecular weight is 1250 g/mol. The maximum atomic E-state index is 14.5. The van der Waals surface area contributed by atoms with Crippen LogP contribution in [0.25, 0.3) is 0 Å². The lowest BCUT2D eigenvalue weighted by Gasteiger charge is -2.22. The first-order valence-electron chi connectivity index (χ1n) is 33.5. The quantitative estimate of drug-likeness (QED) is 0.0305. The highest BCUT2D eigenvalue weighted by Gasteiger charge is 2.33. The SMILES string of the molecule is CCCCCCCCOC(=O)CCNCCNCCNC(=O)CC(CC(=O)CC(CC)C(=O)NCCNCCNCCC(=O)OCCCCCCCC)C(=O)CC(CC(=O)CC(CC(=O)NCCNCCN)C(=O)NCCCC)C(=O)NCCNCCN. The van der Waals surface area contributed by atoms with E-state index in [1.807, 2.05) is 6.92 Å². The summed E-state index contributed by atoms with van der Waals surface area (Å²) in [4.78, 5) is 134. The number of amides is 5. The topological polar surface area (TPSA) is 374 Å². The number of unbranched alkanes of at least 4 members (excludes halogenated alkanes) is 11. The van der Waals surface area contributed by atoms with Gasteiger partial charge >= 0.3 is 11.9 Å². The highest BCUT2D eigenvalue weighted by atomic mass is 16.5. The Balaban J connectivity index is 5.95. The summed E-state index contributed by atoms with van der Waals surface area (Å²) in [6, 6.07) is 0. The van der Waals surface area contributed by atoms with Crippen LogP contribution in [0.2, 0.25) is 0 Å². The third kappa shape index (κ3) is 49.8. The van der Waals surface area contributed by atoms with Crippen LogP contribution in [0.15, 0.2) is 0 Å². The molecule has 25 nitrogen and oxygen atoms in total. The fourth-order valence-electron chi connectivity index (χ4n) is 9.42. The molecule has 88 heavy (non-hydrogen) atoms. The van der Waals surface area contributed by atoms with E-state index in [0.717, 1.165) is 44.9 Å². The number of nitrogens with two attached hydrogens (primary N) is 2. The van der Waals surface area contributed by atoms with E-state index in [4.69, 9.17) is 20.9 Å². The number of ether oxygens (including phenoxy) is 2. The number of esters is 2. The summed E-state index contributed by atoms with van der Waals surface area (Å²) in [5.74, 6) is -8.71. The summed E-state index contributed by atoms with van der Waals surface area (Å²) in [5.41, 5.74) is 11.2. The molecule has 0 saturated carbocycles. The Bertz CT molecular complexity index is 1890. The van der Waals surface area contributed by atoms with Crippen LogP contribution in [-0.4, -0.2) is 196 Å². The predicted molar refractivity (Wildman–Crippen MR) is 345 cm³/mol. The van der Waals surface area contributed by atoms with Gasteiger partial charge in [-0.1, -0.05) is 98.3 Å². The number of Topliss-reactive ketones (excluding diaryl/α,β-unsaturated/α-hetero) is 3. The van der Waals surface area contributed by atoms with Crippen LogP contribution in [0.3, 0.4) is 0 Å². The molecule has 25 heteroatoms. The van der Waals surface area contributed by atoms with Gasteiger partial charge in [-0.15, -0.1) is 0 Å². The van der Waals surface area contributed by atoms with Crippen molar-refractivity contribution in [2.75, 3.05) is 138 Å². The summed E-state index contributed by atoms with van der Waals surface area (Å²) in [7, 11) is 0. The van der Waals surface area contributed by atoms with Gasteiger partial charge in [-0.25, -0.2) is 0 Å². The van der Waals surface area contributed by atoms with Gasteiger partial charge in [0.05, 0.1) is 37.9 Å². The number of rotatable bonds is 64. The first kappa shape index (κ1) is 83.0. The van der Waals surface area contributed by atoms with Crippen molar-refractivity contribution in [2.45, 2.75) is 182 Å². The molecular formula is C63H121N13O12. The van der Waals surface area contributed by atoms with Gasteiger partial charge in [0.15, 0.2) is 0 Å². The molecule has 4 unspecified atom stereocenters. The lowest BCUT2D eigenvalue weighted by molar-refractivity contribution is -0.144. The van der Waals surface area contributed by atoms with Gasteiger partial charge in [0.1, 0.15) is 17.3 Å². The fourth-order valence-corrected chi connectivity index (χ4v) is 9.42. The Hall–Kier alpha value is -5.02. The maximum absolute atomic E-state index is 14.5. The Morgan fingerprint density at radius 1 is 0.318 bits per heavy atom. The third-order valence-electron chi connectivity index (χ3n) is 14.7. The van der Waals surface area contributed by atoms with Gasteiger partial charge in [0.25, 0.3) is 0 Å². The van der Waals surface area contributed by atoms with Crippen LogP contribution in [-0.2, 0) is 57.4 Å². The molecule has 0 saturated heterocycles. The molecule has 0 fully saturated rings. The van der Waals surface area contributed by atoms with Gasteiger partial charge in [-0.3, -0.25) is 47.9 Å². The van der Waals surface area contributed by atoms with Crippen molar-refractivity contribution in [1.82, 2.24) is 58.5 Å². The number of hydrogen-bond donors (Lipinski definition) is 13. The van der Waals surface area contributed by atoms with Gasteiger partial charge < -0.3 is 79.4 Å². The largest absolute Gasteiger partial charge is 0.466 e. The summed E-state index contributed by atoms with van der Waals surface area (Å²) in [6.45, 7) is 16.8. The van der Waals surface area contributed by atoms with Crippen LogP contribution >= 0.6 is 0 Å². The van der Waals surface area contributed by atoms with Gasteiger partial charge in [-0.05, 0) is 25.7 Å². The molecule has 0 aromatic rings. The molecular weight excluding hydrogens is 1130 g/mol. The van der Waals surface area contributed by atoms with Crippen molar-refractivity contribution in [3.05, 3.63) is 0 Å². The van der Waals surface area contributed by atoms with E-state index in [1.54, 1.807) is 6.92 Å². The summed E-state index contributed by atoms with van der Waals surface area (Å²) < 4.78 is 10.7. The van der Waals surface area contributed by atoms with Gasteiger partial charge in [-0.2, -0.15) is 0 Å². The van der Waals surface area contributed by atoms with Crippen molar-refractivity contribution >= 4 is 58.8 Å². The highest BCUT2D eigenvalue weighted by Crippen LogP contribution is 2.24. The summed E-state index contributed by atoms with van der Waals surface area (Å²) in [5, 5.41) is 33.0. The average Bonchev–Trinajstić information content (AvgIpc) is 3.71. The fraction of sp³-hybridized carbons (Fsp3) is 0.841. The first-order valence-corrected chi connectivity index (χ1v) is 33.5. The molecule has 0 rings (SSSR count). The molecule has 0 aliphatic rings. The minimum atomic E-state index is -1.25. The summed E-state index contributed by atoms with van der Waals surface area (Å²) >= 11 is 0. The smallest absolute Gasteiger partial charge is 0.307 e. The molecule has 0 aromatic heterocycles. The van der Waals surface area contributed by atoms with Crippen molar-refractivity contribution in [3.8, 4) is 0 Å². The molecule has 510 valence electrons. The monoisotopic (exact) mass is 1250 g/mol. The molecule has 0 bridgehead atoms. The molecule has 0 heterocycles. The molecule has 0 aromatic carbocycles. The van der Waals surface area contributed by atoms with Gasteiger partial charge in [0, 0.05) is 181 Å². The second-order valence-electron chi connectivity index (χ2n) is 22.6. The number of nitrogens with one attached hydrogen (secondary N) is 11. The van der Waals surface area contributed by atoms with Crippen LogP contribution < -0.4 is 70.0 Å². The third-order valence-corrected chi connectivity index (χ3v) is 14.7. The maximum Gasteiger partial charge on any atom is 0.307 e.